The standard InChI is InChI=1S/C14H18N2O3/c1-5-19-13(18)15-9-6-7-11-10(8-9)14(2,3)12(17)16(11)4/h6-8H,5H2,1-4H3,(H,15,18). The Morgan fingerprint density at radius 3 is 2.74 bits per heavy atom. The summed E-state index contributed by atoms with van der Waals surface area (Å²) in [6.07, 6.45) is -0.488. The van der Waals surface area contributed by atoms with Crippen LogP contribution in [0.5, 0.6) is 0 Å². The molecular weight excluding hydrogens is 244 g/mol. The molecule has 1 heterocycles. The molecule has 0 saturated heterocycles. The normalized spacial score (nSPS) is 16.2. The summed E-state index contributed by atoms with van der Waals surface area (Å²) in [6, 6.07) is 5.43. The Hall–Kier alpha value is -2.04. The smallest absolute Gasteiger partial charge is 0.411 e. The molecular formula is C14H18N2O3. The van der Waals surface area contributed by atoms with E-state index < -0.39 is 11.5 Å². The van der Waals surface area contributed by atoms with Gasteiger partial charge in [-0.05, 0) is 44.5 Å². The van der Waals surface area contributed by atoms with Crippen molar-refractivity contribution in [3.8, 4) is 0 Å². The summed E-state index contributed by atoms with van der Waals surface area (Å²) in [5.41, 5.74) is 1.85. The molecule has 1 aliphatic rings. The maximum absolute atomic E-state index is 12.1. The van der Waals surface area contributed by atoms with E-state index in [1.807, 2.05) is 26.0 Å². The average molecular weight is 262 g/mol. The first kappa shape index (κ1) is 13.4. The Morgan fingerprint density at radius 1 is 1.42 bits per heavy atom. The van der Waals surface area contributed by atoms with E-state index in [0.29, 0.717) is 12.3 Å². The van der Waals surface area contributed by atoms with Crippen molar-refractivity contribution < 1.29 is 14.3 Å². The quantitative estimate of drug-likeness (QED) is 0.890. The van der Waals surface area contributed by atoms with Gasteiger partial charge in [0.15, 0.2) is 0 Å². The summed E-state index contributed by atoms with van der Waals surface area (Å²) in [5.74, 6) is 0.0517. The molecule has 1 N–H and O–H groups in total. The first-order valence-electron chi connectivity index (χ1n) is 6.24. The molecule has 5 nitrogen and oxygen atoms in total. The molecule has 0 saturated carbocycles. The van der Waals surface area contributed by atoms with E-state index in [1.165, 1.54) is 0 Å². The zero-order chi connectivity index (χ0) is 14.2. The van der Waals surface area contributed by atoms with Crippen LogP contribution in [0, 0.1) is 0 Å². The van der Waals surface area contributed by atoms with Gasteiger partial charge in [0.05, 0.1) is 12.0 Å². The molecule has 0 fully saturated rings. The molecule has 19 heavy (non-hydrogen) atoms. The third-order valence-electron chi connectivity index (χ3n) is 3.39. The number of nitrogens with one attached hydrogen (secondary N) is 1. The van der Waals surface area contributed by atoms with E-state index >= 15 is 0 Å². The lowest BCUT2D eigenvalue weighted by atomic mass is 9.86. The summed E-state index contributed by atoms with van der Waals surface area (Å²) in [6.45, 7) is 5.83. The van der Waals surface area contributed by atoms with Gasteiger partial charge in [0.2, 0.25) is 5.91 Å². The van der Waals surface area contributed by atoms with Gasteiger partial charge < -0.3 is 9.64 Å². The Bertz CT molecular complexity index is 537. The van der Waals surface area contributed by atoms with Gasteiger partial charge in [0.1, 0.15) is 0 Å². The number of likely N-dealkylation sites (N-methyl/N-ethyl adjacent to an activating group) is 1. The Morgan fingerprint density at radius 2 is 2.11 bits per heavy atom. The second kappa shape index (κ2) is 4.57. The number of benzene rings is 1. The number of carbonyl (C=O) groups is 2. The molecule has 0 unspecified atom stereocenters. The van der Waals surface area contributed by atoms with Crippen LogP contribution in [0.25, 0.3) is 0 Å². The van der Waals surface area contributed by atoms with Gasteiger partial charge in [-0.1, -0.05) is 0 Å². The van der Waals surface area contributed by atoms with Gasteiger partial charge in [0.25, 0.3) is 0 Å². The molecule has 1 aromatic rings. The molecule has 1 aliphatic heterocycles. The fraction of sp³-hybridized carbons (Fsp3) is 0.429. The fourth-order valence-corrected chi connectivity index (χ4v) is 2.34. The van der Waals surface area contributed by atoms with Crippen molar-refractivity contribution in [3.63, 3.8) is 0 Å². The highest BCUT2D eigenvalue weighted by Gasteiger charge is 2.42. The lowest BCUT2D eigenvalue weighted by Gasteiger charge is -2.16. The summed E-state index contributed by atoms with van der Waals surface area (Å²) >= 11 is 0. The van der Waals surface area contributed by atoms with Crippen LogP contribution in [0.15, 0.2) is 18.2 Å². The lowest BCUT2D eigenvalue weighted by Crippen LogP contribution is -2.33. The van der Waals surface area contributed by atoms with E-state index in [1.54, 1.807) is 24.9 Å². The molecule has 102 valence electrons. The maximum Gasteiger partial charge on any atom is 0.411 e. The second-order valence-corrected chi connectivity index (χ2v) is 5.07. The van der Waals surface area contributed by atoms with E-state index in [-0.39, 0.29) is 5.91 Å². The molecule has 0 aliphatic carbocycles. The van der Waals surface area contributed by atoms with Gasteiger partial charge in [-0.25, -0.2) is 4.79 Å². The molecule has 0 aromatic heterocycles. The lowest BCUT2D eigenvalue weighted by molar-refractivity contribution is -0.121. The highest BCUT2D eigenvalue weighted by Crippen LogP contribution is 2.41. The van der Waals surface area contributed by atoms with Gasteiger partial charge in [0, 0.05) is 18.4 Å². The highest BCUT2D eigenvalue weighted by atomic mass is 16.5. The van der Waals surface area contributed by atoms with Crippen molar-refractivity contribution in [1.82, 2.24) is 0 Å². The largest absolute Gasteiger partial charge is 0.450 e. The number of fused-ring (bicyclic) bond motifs is 1. The predicted octanol–water partition coefficient (Wildman–Crippen LogP) is 2.51. The maximum atomic E-state index is 12.1. The molecule has 0 spiro atoms. The molecule has 0 bridgehead atoms. The summed E-state index contributed by atoms with van der Waals surface area (Å²) < 4.78 is 4.83. The van der Waals surface area contributed by atoms with Crippen molar-refractivity contribution in [2.24, 2.45) is 0 Å². The van der Waals surface area contributed by atoms with Gasteiger partial charge in [-0.2, -0.15) is 0 Å². The van der Waals surface area contributed by atoms with Crippen LogP contribution < -0.4 is 10.2 Å². The van der Waals surface area contributed by atoms with Crippen LogP contribution in [0.1, 0.15) is 26.3 Å². The topological polar surface area (TPSA) is 58.6 Å². The number of anilines is 2. The van der Waals surface area contributed by atoms with E-state index in [9.17, 15) is 9.59 Å². The zero-order valence-corrected chi connectivity index (χ0v) is 11.6. The number of hydrogen-bond acceptors (Lipinski definition) is 3. The van der Waals surface area contributed by atoms with Crippen molar-refractivity contribution >= 4 is 23.4 Å². The van der Waals surface area contributed by atoms with Gasteiger partial charge in [-0.3, -0.25) is 10.1 Å². The van der Waals surface area contributed by atoms with E-state index in [0.717, 1.165) is 11.3 Å². The minimum atomic E-state index is -0.573. The van der Waals surface area contributed by atoms with E-state index in [2.05, 4.69) is 5.32 Å². The van der Waals surface area contributed by atoms with Crippen LogP contribution in [0.3, 0.4) is 0 Å². The monoisotopic (exact) mass is 262 g/mol. The molecule has 5 heteroatoms. The minimum absolute atomic E-state index is 0.0517. The number of carbonyl (C=O) groups excluding carboxylic acids is 2. The van der Waals surface area contributed by atoms with Gasteiger partial charge in [-0.15, -0.1) is 0 Å². The summed E-state index contributed by atoms with van der Waals surface area (Å²) in [4.78, 5) is 25.2. The third kappa shape index (κ3) is 2.16. The Labute approximate surface area is 112 Å². The molecule has 2 amide bonds. The Balaban J connectivity index is 2.33. The molecule has 0 atom stereocenters. The van der Waals surface area contributed by atoms with Crippen LogP contribution in [0.2, 0.25) is 0 Å². The van der Waals surface area contributed by atoms with Crippen LogP contribution in [-0.2, 0) is 14.9 Å². The summed E-state index contributed by atoms with van der Waals surface area (Å²) in [5, 5.41) is 2.65. The van der Waals surface area contributed by atoms with Crippen LogP contribution in [0.4, 0.5) is 16.2 Å². The van der Waals surface area contributed by atoms with E-state index in [4.69, 9.17) is 4.74 Å². The van der Waals surface area contributed by atoms with Gasteiger partial charge >= 0.3 is 6.09 Å². The van der Waals surface area contributed by atoms with Crippen molar-refractivity contribution in [3.05, 3.63) is 23.8 Å². The molecule has 1 aromatic carbocycles. The number of ether oxygens (including phenoxy) is 1. The van der Waals surface area contributed by atoms with Crippen molar-refractivity contribution in [1.29, 1.82) is 0 Å². The number of amides is 2. The SMILES string of the molecule is CCOC(=O)Nc1ccc2c(c1)C(C)(C)C(=O)N2C. The number of hydrogen-bond donors (Lipinski definition) is 1. The van der Waals surface area contributed by atoms with Crippen molar-refractivity contribution in [2.75, 3.05) is 23.9 Å². The minimum Gasteiger partial charge on any atom is -0.450 e. The predicted molar refractivity (Wildman–Crippen MR) is 73.5 cm³/mol. The van der Waals surface area contributed by atoms with Crippen LogP contribution >= 0.6 is 0 Å². The van der Waals surface area contributed by atoms with Crippen LogP contribution in [-0.4, -0.2) is 25.7 Å². The molecule has 2 rings (SSSR count). The second-order valence-electron chi connectivity index (χ2n) is 5.07. The first-order valence-corrected chi connectivity index (χ1v) is 6.24. The Kier molecular flexibility index (Phi) is 3.22. The number of nitrogens with zero attached hydrogens (tertiary/aromatic N) is 1. The summed E-state index contributed by atoms with van der Waals surface area (Å²) in [7, 11) is 1.76. The highest BCUT2D eigenvalue weighted by molar-refractivity contribution is 6.07. The number of rotatable bonds is 2. The zero-order valence-electron chi connectivity index (χ0n) is 11.6. The average Bonchev–Trinajstić information content (AvgIpc) is 2.52. The fourth-order valence-electron chi connectivity index (χ4n) is 2.34. The van der Waals surface area contributed by atoms with Crippen molar-refractivity contribution in [2.45, 2.75) is 26.2 Å². The third-order valence-corrected chi connectivity index (χ3v) is 3.39. The first-order chi connectivity index (χ1) is 8.87. The molecule has 0 radical (unpaired) electrons.